The maximum absolute atomic E-state index is 14.4. The third kappa shape index (κ3) is 3.14. The van der Waals surface area contributed by atoms with E-state index in [1.165, 1.54) is 6.07 Å². The summed E-state index contributed by atoms with van der Waals surface area (Å²) in [6.07, 6.45) is -2.69. The van der Waals surface area contributed by atoms with Gasteiger partial charge in [0.15, 0.2) is 7.14 Å². The molecular weight excluding hydrogens is 375 g/mol. The van der Waals surface area contributed by atoms with E-state index >= 15 is 0 Å². The van der Waals surface area contributed by atoms with E-state index < -0.39 is 13.6 Å². The number of pyridine rings is 1. The van der Waals surface area contributed by atoms with Gasteiger partial charge in [-0.05, 0) is 25.1 Å². The lowest BCUT2D eigenvalue weighted by molar-refractivity contribution is 0.153. The molecular formula is C23H18F2NOP. The molecule has 0 radical (unpaired) electrons. The molecule has 0 atom stereocenters. The average Bonchev–Trinajstić information content (AvgIpc) is 2.73. The molecule has 4 rings (SSSR count). The van der Waals surface area contributed by atoms with E-state index in [2.05, 4.69) is 4.98 Å². The minimum absolute atomic E-state index is 0.143. The Kier molecular flexibility index (Phi) is 4.82. The summed E-state index contributed by atoms with van der Waals surface area (Å²) in [6, 6.07) is 24.4. The molecule has 4 aromatic rings. The first-order chi connectivity index (χ1) is 13.5. The van der Waals surface area contributed by atoms with E-state index in [9.17, 15) is 13.3 Å². The second-order valence-corrected chi connectivity index (χ2v) is 9.38. The van der Waals surface area contributed by atoms with E-state index in [0.717, 1.165) is 5.56 Å². The fraction of sp³-hybridized carbons (Fsp3) is 0.0870. The number of hydrogen-bond acceptors (Lipinski definition) is 2. The highest BCUT2D eigenvalue weighted by atomic mass is 31.2. The van der Waals surface area contributed by atoms with Gasteiger partial charge in [-0.15, -0.1) is 0 Å². The molecule has 28 heavy (non-hydrogen) atoms. The lowest BCUT2D eigenvalue weighted by Crippen LogP contribution is -2.27. The molecule has 0 unspecified atom stereocenters. The Bertz CT molecular complexity index is 1130. The molecule has 0 saturated carbocycles. The standard InChI is InChI=1S/C23H18F2NOP/c1-16-12-13-21-19(14-16)20(23(24)25)15-22(26-21)28(27,17-8-4-2-5-9-17)18-10-6-3-7-11-18/h2-15,23H,1H3. The zero-order chi connectivity index (χ0) is 19.7. The van der Waals surface area contributed by atoms with Crippen molar-refractivity contribution >= 4 is 34.1 Å². The first-order valence-electron chi connectivity index (χ1n) is 8.91. The van der Waals surface area contributed by atoms with Crippen molar-refractivity contribution in [3.8, 4) is 0 Å². The molecule has 5 heteroatoms. The van der Waals surface area contributed by atoms with E-state index in [0.29, 0.717) is 21.5 Å². The lowest BCUT2D eigenvalue weighted by Gasteiger charge is -2.20. The van der Waals surface area contributed by atoms with Crippen molar-refractivity contribution in [1.29, 1.82) is 0 Å². The Labute approximate surface area is 162 Å². The van der Waals surface area contributed by atoms with Gasteiger partial charge in [0.2, 0.25) is 0 Å². The van der Waals surface area contributed by atoms with Crippen molar-refractivity contribution in [2.75, 3.05) is 0 Å². The molecule has 2 nitrogen and oxygen atoms in total. The fourth-order valence-corrected chi connectivity index (χ4v) is 5.96. The van der Waals surface area contributed by atoms with Crippen molar-refractivity contribution in [3.05, 3.63) is 96.1 Å². The van der Waals surface area contributed by atoms with Crippen LogP contribution in [0.4, 0.5) is 8.78 Å². The highest BCUT2D eigenvalue weighted by Crippen LogP contribution is 2.43. The number of alkyl halides is 2. The van der Waals surface area contributed by atoms with Crippen molar-refractivity contribution < 1.29 is 13.3 Å². The number of halogens is 2. The molecule has 0 aliphatic carbocycles. The molecule has 0 saturated heterocycles. The number of nitrogens with zero attached hydrogens (tertiary/aromatic N) is 1. The smallest absolute Gasteiger partial charge is 0.264 e. The van der Waals surface area contributed by atoms with Crippen LogP contribution in [0.25, 0.3) is 10.9 Å². The van der Waals surface area contributed by atoms with E-state index in [4.69, 9.17) is 0 Å². The van der Waals surface area contributed by atoms with Crippen LogP contribution in [-0.2, 0) is 4.57 Å². The third-order valence-electron chi connectivity index (χ3n) is 4.78. The lowest BCUT2D eigenvalue weighted by atomic mass is 10.1. The van der Waals surface area contributed by atoms with Crippen LogP contribution in [0.1, 0.15) is 17.6 Å². The van der Waals surface area contributed by atoms with Gasteiger partial charge >= 0.3 is 0 Å². The monoisotopic (exact) mass is 393 g/mol. The first-order valence-corrected chi connectivity index (χ1v) is 10.6. The number of benzene rings is 3. The van der Waals surface area contributed by atoms with Crippen LogP contribution in [0.3, 0.4) is 0 Å². The summed E-state index contributed by atoms with van der Waals surface area (Å²) < 4.78 is 42.2. The second-order valence-electron chi connectivity index (χ2n) is 6.67. The van der Waals surface area contributed by atoms with Gasteiger partial charge in [0.1, 0.15) is 5.44 Å². The highest BCUT2D eigenvalue weighted by Gasteiger charge is 2.32. The number of rotatable bonds is 4. The summed E-state index contributed by atoms with van der Waals surface area (Å²) in [5, 5.41) is 1.53. The summed E-state index contributed by atoms with van der Waals surface area (Å²) in [6.45, 7) is 1.85. The number of aromatic nitrogens is 1. The van der Waals surface area contributed by atoms with Gasteiger partial charge < -0.3 is 4.57 Å². The van der Waals surface area contributed by atoms with Gasteiger partial charge in [-0.25, -0.2) is 13.8 Å². The fourth-order valence-electron chi connectivity index (χ4n) is 3.38. The number of hydrogen-bond donors (Lipinski definition) is 0. The predicted molar refractivity (Wildman–Crippen MR) is 111 cm³/mol. The SMILES string of the molecule is Cc1ccc2nc(P(=O)(c3ccccc3)c3ccccc3)cc(C(F)F)c2c1. The molecule has 0 amide bonds. The summed E-state index contributed by atoms with van der Waals surface area (Å²) >= 11 is 0. The van der Waals surface area contributed by atoms with Crippen molar-refractivity contribution in [2.45, 2.75) is 13.3 Å². The first kappa shape index (κ1) is 18.5. The maximum Gasteiger partial charge on any atom is 0.264 e. The second kappa shape index (κ2) is 7.29. The molecule has 0 aliphatic heterocycles. The zero-order valence-electron chi connectivity index (χ0n) is 15.2. The molecule has 0 spiro atoms. The normalized spacial score (nSPS) is 11.9. The van der Waals surface area contributed by atoms with Gasteiger partial charge in [0, 0.05) is 21.6 Å². The summed E-state index contributed by atoms with van der Waals surface area (Å²) in [5.41, 5.74) is 1.33. The minimum atomic E-state index is -3.40. The predicted octanol–water partition coefficient (Wildman–Crippen LogP) is 5.12. The molecule has 0 fully saturated rings. The van der Waals surface area contributed by atoms with E-state index in [-0.39, 0.29) is 11.0 Å². The van der Waals surface area contributed by atoms with Crippen LogP contribution in [0, 0.1) is 6.92 Å². The van der Waals surface area contributed by atoms with Crippen LogP contribution in [0.2, 0.25) is 0 Å². The Hall–Kier alpha value is -2.84. The number of fused-ring (bicyclic) bond motifs is 1. The van der Waals surface area contributed by atoms with Crippen molar-refractivity contribution in [2.24, 2.45) is 0 Å². The summed E-state index contributed by atoms with van der Waals surface area (Å²) in [5.74, 6) is 0. The molecule has 1 aromatic heterocycles. The Morgan fingerprint density at radius 3 is 1.93 bits per heavy atom. The molecule has 140 valence electrons. The van der Waals surface area contributed by atoms with Gasteiger partial charge in [-0.1, -0.05) is 72.3 Å². The number of aryl methyl sites for hydroxylation is 1. The van der Waals surface area contributed by atoms with Crippen LogP contribution < -0.4 is 16.0 Å². The maximum atomic E-state index is 14.4. The van der Waals surface area contributed by atoms with Crippen molar-refractivity contribution in [1.82, 2.24) is 4.98 Å². The molecule has 0 N–H and O–H groups in total. The zero-order valence-corrected chi connectivity index (χ0v) is 16.1. The average molecular weight is 393 g/mol. The minimum Gasteiger partial charge on any atom is -0.307 e. The van der Waals surface area contributed by atoms with Crippen LogP contribution >= 0.6 is 7.14 Å². The van der Waals surface area contributed by atoms with Gasteiger partial charge in [0.05, 0.1) is 5.52 Å². The summed E-state index contributed by atoms with van der Waals surface area (Å²) in [7, 11) is -3.40. The molecule has 0 aliphatic rings. The van der Waals surface area contributed by atoms with E-state index in [1.807, 2.05) is 25.1 Å². The Balaban J connectivity index is 2.07. The third-order valence-corrected chi connectivity index (χ3v) is 7.71. The molecule has 1 heterocycles. The Morgan fingerprint density at radius 1 is 0.821 bits per heavy atom. The molecule has 3 aromatic carbocycles. The van der Waals surface area contributed by atoms with Gasteiger partial charge in [0.25, 0.3) is 6.43 Å². The van der Waals surface area contributed by atoms with Crippen molar-refractivity contribution in [3.63, 3.8) is 0 Å². The van der Waals surface area contributed by atoms with Crippen LogP contribution in [0.5, 0.6) is 0 Å². The topological polar surface area (TPSA) is 30.0 Å². The van der Waals surface area contributed by atoms with Crippen LogP contribution in [-0.4, -0.2) is 4.98 Å². The molecule has 0 bridgehead atoms. The largest absolute Gasteiger partial charge is 0.307 e. The quantitative estimate of drug-likeness (QED) is 0.451. The highest BCUT2D eigenvalue weighted by molar-refractivity contribution is 7.85. The van der Waals surface area contributed by atoms with E-state index in [1.54, 1.807) is 60.7 Å². The summed E-state index contributed by atoms with van der Waals surface area (Å²) in [4.78, 5) is 4.59. The van der Waals surface area contributed by atoms with Crippen LogP contribution in [0.15, 0.2) is 84.9 Å². The van der Waals surface area contributed by atoms with Gasteiger partial charge in [-0.3, -0.25) is 0 Å². The van der Waals surface area contributed by atoms with Gasteiger partial charge in [-0.2, -0.15) is 0 Å². The Morgan fingerprint density at radius 2 is 1.39 bits per heavy atom.